The van der Waals surface area contributed by atoms with Crippen molar-refractivity contribution in [1.29, 1.82) is 0 Å². The second-order valence-electron chi connectivity index (χ2n) is 7.34. The lowest BCUT2D eigenvalue weighted by Gasteiger charge is -2.22. The lowest BCUT2D eigenvalue weighted by atomic mass is 10.1. The van der Waals surface area contributed by atoms with Crippen LogP contribution in [0.15, 0.2) is 66.7 Å². The molecule has 5 nitrogen and oxygen atoms in total. The largest absolute Gasteiger partial charge is 0.481 e. The topological polar surface area (TPSA) is 58.6 Å². The fourth-order valence-electron chi connectivity index (χ4n) is 3.47. The van der Waals surface area contributed by atoms with Crippen LogP contribution in [0.25, 0.3) is 0 Å². The third-order valence-corrected chi connectivity index (χ3v) is 5.38. The molecule has 1 N–H and O–H groups in total. The predicted molar refractivity (Wildman–Crippen MR) is 117 cm³/mol. The maximum Gasteiger partial charge on any atom is 0.263 e. The van der Waals surface area contributed by atoms with Crippen molar-refractivity contribution in [1.82, 2.24) is 4.90 Å². The number of hydrogen-bond donors (Lipinski definition) is 1. The third kappa shape index (κ3) is 4.70. The lowest BCUT2D eigenvalue weighted by molar-refractivity contribution is -0.138. The van der Waals surface area contributed by atoms with E-state index in [1.54, 1.807) is 66.4 Å². The second kappa shape index (κ2) is 8.78. The van der Waals surface area contributed by atoms with Gasteiger partial charge in [-0.05, 0) is 55.0 Å². The van der Waals surface area contributed by atoms with E-state index in [1.807, 2.05) is 0 Å². The van der Waals surface area contributed by atoms with Crippen molar-refractivity contribution in [3.05, 3.63) is 94.3 Å². The van der Waals surface area contributed by atoms with E-state index in [4.69, 9.17) is 16.3 Å². The maximum atomic E-state index is 13.2. The van der Waals surface area contributed by atoms with E-state index in [2.05, 4.69) is 5.32 Å². The van der Waals surface area contributed by atoms with Crippen molar-refractivity contribution < 1.29 is 18.7 Å². The predicted octanol–water partition coefficient (Wildman–Crippen LogP) is 5.04. The first kappa shape index (κ1) is 20.9. The summed E-state index contributed by atoms with van der Waals surface area (Å²) < 4.78 is 19.1. The van der Waals surface area contributed by atoms with Crippen LogP contribution in [0.5, 0.6) is 5.75 Å². The molecule has 0 saturated carbocycles. The molecule has 2 amide bonds. The first-order valence-electron chi connectivity index (χ1n) is 9.79. The molecular formula is C24H20ClFN2O3. The third-order valence-electron chi connectivity index (χ3n) is 5.05. The Labute approximate surface area is 184 Å². The number of rotatable bonds is 4. The zero-order chi connectivity index (χ0) is 22.0. The number of fused-ring (bicyclic) bond motifs is 1. The fraction of sp³-hybridized carbons (Fsp3) is 0.167. The standard InChI is InChI=1S/C24H20ClFN2O3/c1-15-24(30)28(13-16-6-8-18(26)9-7-16)14-17-12-19(10-11-22(17)31-15)27-23(29)20-4-2-3-5-21(20)25/h2-12,15H,13-14H2,1H3,(H,27,29). The van der Waals surface area contributed by atoms with Crippen LogP contribution >= 0.6 is 11.6 Å². The van der Waals surface area contributed by atoms with Gasteiger partial charge in [-0.1, -0.05) is 35.9 Å². The number of halogens is 2. The van der Waals surface area contributed by atoms with Gasteiger partial charge in [0.05, 0.1) is 10.6 Å². The molecular weight excluding hydrogens is 419 g/mol. The molecule has 1 heterocycles. The van der Waals surface area contributed by atoms with Crippen LogP contribution in [-0.4, -0.2) is 22.8 Å². The second-order valence-corrected chi connectivity index (χ2v) is 7.74. The van der Waals surface area contributed by atoms with Crippen molar-refractivity contribution in [3.63, 3.8) is 0 Å². The van der Waals surface area contributed by atoms with Gasteiger partial charge in [-0.15, -0.1) is 0 Å². The van der Waals surface area contributed by atoms with Gasteiger partial charge in [0.15, 0.2) is 6.10 Å². The van der Waals surface area contributed by atoms with E-state index < -0.39 is 6.10 Å². The molecule has 0 saturated heterocycles. The molecule has 0 radical (unpaired) electrons. The minimum absolute atomic E-state index is 0.165. The van der Waals surface area contributed by atoms with Crippen LogP contribution in [0.4, 0.5) is 10.1 Å². The van der Waals surface area contributed by atoms with Crippen LogP contribution in [0.3, 0.4) is 0 Å². The van der Waals surface area contributed by atoms with Gasteiger partial charge in [0, 0.05) is 24.3 Å². The van der Waals surface area contributed by atoms with Crippen molar-refractivity contribution in [2.45, 2.75) is 26.1 Å². The average Bonchev–Trinajstić information content (AvgIpc) is 2.86. The summed E-state index contributed by atoms with van der Waals surface area (Å²) in [6.45, 7) is 2.32. The van der Waals surface area contributed by atoms with Gasteiger partial charge < -0.3 is 15.0 Å². The van der Waals surface area contributed by atoms with Gasteiger partial charge in [-0.2, -0.15) is 0 Å². The maximum absolute atomic E-state index is 13.2. The van der Waals surface area contributed by atoms with Gasteiger partial charge in [-0.25, -0.2) is 4.39 Å². The van der Waals surface area contributed by atoms with Crippen molar-refractivity contribution in [2.24, 2.45) is 0 Å². The minimum Gasteiger partial charge on any atom is -0.481 e. The number of anilines is 1. The van der Waals surface area contributed by atoms with E-state index in [0.29, 0.717) is 35.1 Å². The van der Waals surface area contributed by atoms with Crippen LogP contribution in [-0.2, 0) is 17.9 Å². The summed E-state index contributed by atoms with van der Waals surface area (Å²) in [6, 6.07) is 18.1. The Morgan fingerprint density at radius 2 is 1.90 bits per heavy atom. The zero-order valence-electron chi connectivity index (χ0n) is 16.8. The van der Waals surface area contributed by atoms with Gasteiger partial charge in [-0.3, -0.25) is 9.59 Å². The van der Waals surface area contributed by atoms with Crippen LogP contribution in [0.2, 0.25) is 5.02 Å². The summed E-state index contributed by atoms with van der Waals surface area (Å²) in [4.78, 5) is 27.1. The molecule has 0 fully saturated rings. The number of amides is 2. The summed E-state index contributed by atoms with van der Waals surface area (Å²) in [5, 5.41) is 3.20. The summed E-state index contributed by atoms with van der Waals surface area (Å²) in [5.41, 5.74) is 2.51. The molecule has 4 rings (SSSR count). The number of carbonyl (C=O) groups is 2. The molecule has 1 atom stereocenters. The Balaban J connectivity index is 1.57. The van der Waals surface area contributed by atoms with Gasteiger partial charge >= 0.3 is 0 Å². The lowest BCUT2D eigenvalue weighted by Crippen LogP contribution is -2.37. The fourth-order valence-corrected chi connectivity index (χ4v) is 3.69. The molecule has 0 aromatic heterocycles. The first-order chi connectivity index (χ1) is 14.9. The Morgan fingerprint density at radius 3 is 2.65 bits per heavy atom. The van der Waals surface area contributed by atoms with Gasteiger partial charge in [0.25, 0.3) is 11.8 Å². The van der Waals surface area contributed by atoms with Crippen LogP contribution in [0, 0.1) is 5.82 Å². The molecule has 3 aromatic carbocycles. The molecule has 7 heteroatoms. The molecule has 158 valence electrons. The number of ether oxygens (including phenoxy) is 1. The van der Waals surface area contributed by atoms with Crippen molar-refractivity contribution in [2.75, 3.05) is 5.32 Å². The molecule has 1 unspecified atom stereocenters. The average molecular weight is 439 g/mol. The summed E-state index contributed by atoms with van der Waals surface area (Å²) in [5.74, 6) is -0.236. The Hall–Kier alpha value is -3.38. The number of nitrogens with one attached hydrogen (secondary N) is 1. The first-order valence-corrected chi connectivity index (χ1v) is 10.2. The molecule has 3 aromatic rings. The normalized spacial score (nSPS) is 15.6. The summed E-state index contributed by atoms with van der Waals surface area (Å²) >= 11 is 6.11. The Bertz CT molecular complexity index is 1130. The van der Waals surface area contributed by atoms with E-state index in [0.717, 1.165) is 11.1 Å². The SMILES string of the molecule is CC1Oc2ccc(NC(=O)c3ccccc3Cl)cc2CN(Cc2ccc(F)cc2)C1=O. The van der Waals surface area contributed by atoms with Crippen molar-refractivity contribution >= 4 is 29.1 Å². The molecule has 1 aliphatic rings. The minimum atomic E-state index is -0.662. The summed E-state index contributed by atoms with van der Waals surface area (Å²) in [6.07, 6.45) is -0.662. The molecule has 1 aliphatic heterocycles. The quantitative estimate of drug-likeness (QED) is 0.620. The number of benzene rings is 3. The smallest absolute Gasteiger partial charge is 0.263 e. The van der Waals surface area contributed by atoms with Crippen LogP contribution < -0.4 is 10.1 Å². The van der Waals surface area contributed by atoms with E-state index >= 15 is 0 Å². The summed E-state index contributed by atoms with van der Waals surface area (Å²) in [7, 11) is 0. The van der Waals surface area contributed by atoms with Crippen molar-refractivity contribution in [3.8, 4) is 5.75 Å². The number of carbonyl (C=O) groups excluding carboxylic acids is 2. The monoisotopic (exact) mass is 438 g/mol. The molecule has 31 heavy (non-hydrogen) atoms. The Kier molecular flexibility index (Phi) is 5.91. The Morgan fingerprint density at radius 1 is 1.16 bits per heavy atom. The highest BCUT2D eigenvalue weighted by molar-refractivity contribution is 6.34. The molecule has 0 bridgehead atoms. The highest BCUT2D eigenvalue weighted by Crippen LogP contribution is 2.30. The van der Waals surface area contributed by atoms with E-state index in [1.165, 1.54) is 12.1 Å². The van der Waals surface area contributed by atoms with Crippen LogP contribution in [0.1, 0.15) is 28.4 Å². The van der Waals surface area contributed by atoms with Gasteiger partial charge in [0.1, 0.15) is 11.6 Å². The van der Waals surface area contributed by atoms with Gasteiger partial charge in [0.2, 0.25) is 0 Å². The molecule has 0 spiro atoms. The zero-order valence-corrected chi connectivity index (χ0v) is 17.5. The highest BCUT2D eigenvalue weighted by Gasteiger charge is 2.28. The number of hydrogen-bond acceptors (Lipinski definition) is 3. The molecule has 0 aliphatic carbocycles. The highest BCUT2D eigenvalue weighted by atomic mass is 35.5. The van der Waals surface area contributed by atoms with E-state index in [9.17, 15) is 14.0 Å². The number of nitrogens with zero attached hydrogens (tertiary/aromatic N) is 1. The van der Waals surface area contributed by atoms with E-state index in [-0.39, 0.29) is 17.6 Å².